The molecule has 8 nitrogen and oxygen atoms in total. The van der Waals surface area contributed by atoms with E-state index in [1.54, 1.807) is 12.1 Å². The second kappa shape index (κ2) is 11.5. The molecule has 2 fully saturated rings. The number of carbonyl (C=O) groups is 3. The van der Waals surface area contributed by atoms with Gasteiger partial charge in [0.25, 0.3) is 5.91 Å². The van der Waals surface area contributed by atoms with Gasteiger partial charge in [0.15, 0.2) is 5.78 Å². The highest BCUT2D eigenvalue weighted by atomic mass is 35.5. The minimum absolute atomic E-state index is 0.0840. The number of hydrogen-bond acceptors (Lipinski definition) is 6. The van der Waals surface area contributed by atoms with Crippen molar-refractivity contribution in [1.29, 1.82) is 0 Å². The molecule has 1 aromatic rings. The number of anilines is 1. The lowest BCUT2D eigenvalue weighted by molar-refractivity contribution is -0.127. The van der Waals surface area contributed by atoms with Gasteiger partial charge < -0.3 is 25.6 Å². The van der Waals surface area contributed by atoms with Crippen molar-refractivity contribution >= 4 is 34.9 Å². The molecule has 0 radical (unpaired) electrons. The minimum Gasteiger partial charge on any atom is -0.496 e. The monoisotopic (exact) mass is 476 g/mol. The van der Waals surface area contributed by atoms with Gasteiger partial charge in [-0.15, -0.1) is 0 Å². The molecule has 0 aliphatic carbocycles. The van der Waals surface area contributed by atoms with E-state index in [2.05, 4.69) is 10.2 Å². The number of nitrogens with zero attached hydrogens (tertiary/aromatic N) is 2. The number of nitrogens with two attached hydrogens (primary N) is 1. The van der Waals surface area contributed by atoms with Gasteiger partial charge in [-0.2, -0.15) is 0 Å². The average molecular weight is 477 g/mol. The number of rotatable bonds is 7. The molecule has 0 atom stereocenters. The maximum absolute atomic E-state index is 12.8. The van der Waals surface area contributed by atoms with Gasteiger partial charge in [-0.1, -0.05) is 11.6 Å². The zero-order valence-electron chi connectivity index (χ0n) is 19.3. The van der Waals surface area contributed by atoms with Crippen molar-refractivity contribution in [2.24, 2.45) is 5.92 Å². The number of hydrogen-bond donors (Lipinski definition) is 2. The molecule has 0 unspecified atom stereocenters. The van der Waals surface area contributed by atoms with Gasteiger partial charge in [0.1, 0.15) is 5.75 Å². The number of nitrogens with one attached hydrogen (secondary N) is 1. The van der Waals surface area contributed by atoms with Gasteiger partial charge >= 0.3 is 0 Å². The predicted molar refractivity (Wildman–Crippen MR) is 128 cm³/mol. The molecule has 0 spiro atoms. The Hall–Kier alpha value is -2.58. The average Bonchev–Trinajstić information content (AvgIpc) is 2.80. The molecular weight excluding hydrogens is 444 g/mol. The van der Waals surface area contributed by atoms with E-state index in [1.165, 1.54) is 26.2 Å². The number of benzene rings is 1. The summed E-state index contributed by atoms with van der Waals surface area (Å²) >= 11 is 6.09. The maximum atomic E-state index is 12.8. The third-order valence-electron chi connectivity index (χ3n) is 6.39. The maximum Gasteiger partial charge on any atom is 0.255 e. The van der Waals surface area contributed by atoms with E-state index >= 15 is 0 Å². The SMILES string of the molecule is COc1cc(N)c(Cl)cc1C(=O)NC1CCN(CC2CCN(C(=O)/C=C/C(C)=O)CC2)CC1. The molecular formula is C24H33ClN4O4. The van der Waals surface area contributed by atoms with Gasteiger partial charge in [0.05, 0.1) is 23.4 Å². The lowest BCUT2D eigenvalue weighted by atomic mass is 9.94. The molecule has 33 heavy (non-hydrogen) atoms. The Labute approximate surface area is 200 Å². The lowest BCUT2D eigenvalue weighted by Gasteiger charge is -2.37. The zero-order chi connectivity index (χ0) is 24.0. The van der Waals surface area contributed by atoms with Crippen LogP contribution in [0.4, 0.5) is 5.69 Å². The summed E-state index contributed by atoms with van der Waals surface area (Å²) in [6.45, 7) is 5.74. The molecule has 0 bridgehead atoms. The number of allylic oxidation sites excluding steroid dienone is 1. The molecule has 0 aromatic heterocycles. The molecule has 3 rings (SSSR count). The molecule has 0 saturated carbocycles. The molecule has 2 saturated heterocycles. The van der Waals surface area contributed by atoms with Crippen LogP contribution in [0.1, 0.15) is 43.0 Å². The van der Waals surface area contributed by atoms with Crippen LogP contribution in [0.25, 0.3) is 0 Å². The summed E-state index contributed by atoms with van der Waals surface area (Å²) in [6, 6.07) is 3.22. The predicted octanol–water partition coefficient (Wildman–Crippen LogP) is 2.51. The van der Waals surface area contributed by atoms with Crippen molar-refractivity contribution in [1.82, 2.24) is 15.1 Å². The Morgan fingerprint density at radius 1 is 1.12 bits per heavy atom. The Bertz CT molecular complexity index is 904. The van der Waals surface area contributed by atoms with Crippen molar-refractivity contribution in [2.75, 3.05) is 45.6 Å². The summed E-state index contributed by atoms with van der Waals surface area (Å²) in [6.07, 6.45) is 6.39. The largest absolute Gasteiger partial charge is 0.496 e. The second-order valence-corrected chi connectivity index (χ2v) is 9.24. The lowest BCUT2D eigenvalue weighted by Crippen LogP contribution is -2.47. The van der Waals surface area contributed by atoms with Crippen LogP contribution in [-0.4, -0.2) is 73.3 Å². The van der Waals surface area contributed by atoms with Gasteiger partial charge in [-0.05, 0) is 50.7 Å². The normalized spacial score (nSPS) is 18.5. The van der Waals surface area contributed by atoms with E-state index in [0.29, 0.717) is 27.9 Å². The van der Waals surface area contributed by atoms with Crippen LogP contribution in [-0.2, 0) is 9.59 Å². The topological polar surface area (TPSA) is 105 Å². The first-order chi connectivity index (χ1) is 15.8. The molecule has 3 N–H and O–H groups in total. The quantitative estimate of drug-likeness (QED) is 0.462. The molecule has 1 aromatic carbocycles. The summed E-state index contributed by atoms with van der Waals surface area (Å²) in [5.41, 5.74) is 6.57. The van der Waals surface area contributed by atoms with E-state index in [9.17, 15) is 14.4 Å². The molecule has 9 heteroatoms. The number of methoxy groups -OCH3 is 1. The fraction of sp³-hybridized carbons (Fsp3) is 0.542. The summed E-state index contributed by atoms with van der Waals surface area (Å²) in [7, 11) is 1.50. The number of halogens is 1. The highest BCUT2D eigenvalue weighted by Crippen LogP contribution is 2.29. The van der Waals surface area contributed by atoms with E-state index < -0.39 is 0 Å². The number of ether oxygens (including phenoxy) is 1. The summed E-state index contributed by atoms with van der Waals surface area (Å²) in [4.78, 5) is 40.2. The zero-order valence-corrected chi connectivity index (χ0v) is 20.1. The number of carbonyl (C=O) groups excluding carboxylic acids is 3. The van der Waals surface area contributed by atoms with Gasteiger partial charge in [-0.25, -0.2) is 0 Å². The number of piperidine rings is 2. The molecule has 180 valence electrons. The van der Waals surface area contributed by atoms with E-state index in [0.717, 1.165) is 58.4 Å². The van der Waals surface area contributed by atoms with Crippen LogP contribution >= 0.6 is 11.6 Å². The number of likely N-dealkylation sites (tertiary alicyclic amines) is 2. The second-order valence-electron chi connectivity index (χ2n) is 8.83. The van der Waals surface area contributed by atoms with Crippen LogP contribution in [0.5, 0.6) is 5.75 Å². The van der Waals surface area contributed by atoms with Crippen LogP contribution < -0.4 is 15.8 Å². The Kier molecular flexibility index (Phi) is 8.74. The Balaban J connectivity index is 1.42. The molecule has 2 heterocycles. The molecule has 2 amide bonds. The first kappa shape index (κ1) is 25.1. The van der Waals surface area contributed by atoms with Crippen LogP contribution in [0.3, 0.4) is 0 Å². The van der Waals surface area contributed by atoms with Crippen molar-refractivity contribution in [3.05, 3.63) is 34.9 Å². The van der Waals surface area contributed by atoms with Gasteiger partial charge in [0.2, 0.25) is 5.91 Å². The summed E-state index contributed by atoms with van der Waals surface area (Å²) in [5.74, 6) is 0.558. The van der Waals surface area contributed by atoms with Crippen LogP contribution in [0, 0.1) is 5.92 Å². The molecule has 2 aliphatic rings. The Morgan fingerprint density at radius 3 is 2.39 bits per heavy atom. The Morgan fingerprint density at radius 2 is 1.79 bits per heavy atom. The number of amides is 2. The summed E-state index contributed by atoms with van der Waals surface area (Å²) < 4.78 is 5.29. The van der Waals surface area contributed by atoms with Crippen LogP contribution in [0.2, 0.25) is 5.02 Å². The third-order valence-corrected chi connectivity index (χ3v) is 6.72. The van der Waals surface area contributed by atoms with Crippen molar-refractivity contribution in [3.8, 4) is 5.75 Å². The summed E-state index contributed by atoms with van der Waals surface area (Å²) in [5, 5.41) is 3.43. The smallest absolute Gasteiger partial charge is 0.255 e. The minimum atomic E-state index is -0.205. The molecule has 2 aliphatic heterocycles. The number of ketones is 1. The third kappa shape index (κ3) is 6.95. The van der Waals surface area contributed by atoms with Gasteiger partial charge in [-0.3, -0.25) is 14.4 Å². The highest BCUT2D eigenvalue weighted by molar-refractivity contribution is 6.33. The first-order valence-corrected chi connectivity index (χ1v) is 11.8. The fourth-order valence-corrected chi connectivity index (χ4v) is 4.60. The highest BCUT2D eigenvalue weighted by Gasteiger charge is 2.27. The van der Waals surface area contributed by atoms with Crippen molar-refractivity contribution < 1.29 is 19.1 Å². The van der Waals surface area contributed by atoms with E-state index in [4.69, 9.17) is 22.1 Å². The van der Waals surface area contributed by atoms with Gasteiger partial charge in [0, 0.05) is 50.9 Å². The first-order valence-electron chi connectivity index (χ1n) is 11.4. The van der Waals surface area contributed by atoms with E-state index in [-0.39, 0.29) is 23.6 Å². The van der Waals surface area contributed by atoms with Crippen molar-refractivity contribution in [3.63, 3.8) is 0 Å². The van der Waals surface area contributed by atoms with E-state index in [1.807, 2.05) is 4.90 Å². The number of nitrogen functional groups attached to an aromatic ring is 1. The van der Waals surface area contributed by atoms with Crippen molar-refractivity contribution in [2.45, 2.75) is 38.6 Å². The fourth-order valence-electron chi connectivity index (χ4n) is 4.43. The van der Waals surface area contributed by atoms with Crippen LogP contribution in [0.15, 0.2) is 24.3 Å². The standard InChI is InChI=1S/C24H33ClN4O4/c1-16(30)3-4-23(31)29-11-5-17(6-12-29)15-28-9-7-18(8-10-28)27-24(32)19-13-20(25)21(26)14-22(19)33-2/h3-4,13-14,17-18H,5-12,15,26H2,1-2H3,(H,27,32)/b4-3+.